The minimum absolute atomic E-state index is 0.362. The van der Waals surface area contributed by atoms with Crippen molar-refractivity contribution < 1.29 is 5.11 Å². The zero-order valence-electron chi connectivity index (χ0n) is 13.7. The van der Waals surface area contributed by atoms with Crippen LogP contribution in [-0.2, 0) is 0 Å². The molecule has 2 atom stereocenters. The number of benzene rings is 1. The van der Waals surface area contributed by atoms with Crippen LogP contribution >= 0.6 is 0 Å². The Morgan fingerprint density at radius 1 is 1.20 bits per heavy atom. The van der Waals surface area contributed by atoms with E-state index in [2.05, 4.69) is 45.6 Å². The van der Waals surface area contributed by atoms with Gasteiger partial charge >= 0.3 is 0 Å². The Morgan fingerprint density at radius 3 is 2.35 bits per heavy atom. The molecule has 1 aromatic rings. The third kappa shape index (κ3) is 3.24. The van der Waals surface area contributed by atoms with Gasteiger partial charge in [-0.3, -0.25) is 0 Å². The van der Waals surface area contributed by atoms with Crippen LogP contribution in [0.15, 0.2) is 6.07 Å². The van der Waals surface area contributed by atoms with Crippen molar-refractivity contribution in [1.82, 2.24) is 4.90 Å². The van der Waals surface area contributed by atoms with Gasteiger partial charge in [-0.25, -0.2) is 0 Å². The standard InChI is InChI=1S/C18H29NO/c1-12-7-6-8-19(10-12)11-17(20)18-15(4)13(2)9-14(3)16(18)5/h9,12,17,20H,6-8,10-11H2,1-5H3. The minimum Gasteiger partial charge on any atom is -0.387 e. The van der Waals surface area contributed by atoms with Gasteiger partial charge in [-0.15, -0.1) is 0 Å². The zero-order valence-corrected chi connectivity index (χ0v) is 13.7. The lowest BCUT2D eigenvalue weighted by molar-refractivity contribution is 0.0868. The number of hydrogen-bond acceptors (Lipinski definition) is 2. The maximum Gasteiger partial charge on any atom is 0.0922 e. The highest BCUT2D eigenvalue weighted by Crippen LogP contribution is 2.29. The molecule has 0 aromatic heterocycles. The molecule has 1 aliphatic heterocycles. The van der Waals surface area contributed by atoms with Crippen LogP contribution in [0.25, 0.3) is 0 Å². The second-order valence-corrected chi connectivity index (χ2v) is 6.70. The maximum absolute atomic E-state index is 10.7. The molecule has 1 fully saturated rings. The summed E-state index contributed by atoms with van der Waals surface area (Å²) in [6, 6.07) is 2.23. The SMILES string of the molecule is Cc1cc(C)c(C)c(C(O)CN2CCCC(C)C2)c1C. The van der Waals surface area contributed by atoms with Gasteiger partial charge in [0.1, 0.15) is 0 Å². The fraction of sp³-hybridized carbons (Fsp3) is 0.667. The first-order valence-electron chi connectivity index (χ1n) is 7.88. The van der Waals surface area contributed by atoms with Crippen LogP contribution in [0.4, 0.5) is 0 Å². The molecule has 0 amide bonds. The third-order valence-electron chi connectivity index (χ3n) is 4.93. The van der Waals surface area contributed by atoms with E-state index in [1.807, 2.05) is 0 Å². The van der Waals surface area contributed by atoms with E-state index in [9.17, 15) is 5.11 Å². The molecule has 2 nitrogen and oxygen atoms in total. The monoisotopic (exact) mass is 275 g/mol. The first-order valence-corrected chi connectivity index (χ1v) is 7.88. The van der Waals surface area contributed by atoms with Gasteiger partial charge < -0.3 is 10.0 Å². The number of piperidine rings is 1. The predicted molar refractivity (Wildman–Crippen MR) is 85.2 cm³/mol. The van der Waals surface area contributed by atoms with E-state index in [1.165, 1.54) is 35.1 Å². The second-order valence-electron chi connectivity index (χ2n) is 6.70. The molecule has 2 unspecified atom stereocenters. The molecule has 1 heterocycles. The van der Waals surface area contributed by atoms with Crippen LogP contribution in [0, 0.1) is 33.6 Å². The smallest absolute Gasteiger partial charge is 0.0922 e. The summed E-state index contributed by atoms with van der Waals surface area (Å²) in [7, 11) is 0. The van der Waals surface area contributed by atoms with Crippen molar-refractivity contribution >= 4 is 0 Å². The lowest BCUT2D eigenvalue weighted by atomic mass is 9.90. The molecule has 1 aromatic carbocycles. The molecule has 2 rings (SSSR count). The van der Waals surface area contributed by atoms with E-state index in [0.717, 1.165) is 31.1 Å². The van der Waals surface area contributed by atoms with Gasteiger partial charge in [-0.1, -0.05) is 13.0 Å². The largest absolute Gasteiger partial charge is 0.387 e. The summed E-state index contributed by atoms with van der Waals surface area (Å²) >= 11 is 0. The fourth-order valence-electron chi connectivity index (χ4n) is 3.54. The van der Waals surface area contributed by atoms with Gasteiger partial charge in [0.05, 0.1) is 6.10 Å². The lowest BCUT2D eigenvalue weighted by Crippen LogP contribution is -2.37. The number of likely N-dealkylation sites (tertiary alicyclic amines) is 1. The molecule has 1 aliphatic rings. The number of aliphatic hydroxyl groups excluding tert-OH is 1. The summed E-state index contributed by atoms with van der Waals surface area (Å²) in [5.74, 6) is 0.761. The van der Waals surface area contributed by atoms with E-state index < -0.39 is 0 Å². The van der Waals surface area contributed by atoms with Gasteiger partial charge in [-0.2, -0.15) is 0 Å². The molecule has 20 heavy (non-hydrogen) atoms. The van der Waals surface area contributed by atoms with Crippen LogP contribution in [0.1, 0.15) is 53.7 Å². The minimum atomic E-state index is -0.362. The van der Waals surface area contributed by atoms with Crippen molar-refractivity contribution in [3.63, 3.8) is 0 Å². The molecule has 0 spiro atoms. The van der Waals surface area contributed by atoms with Gasteiger partial charge in [-0.05, 0) is 80.8 Å². The summed E-state index contributed by atoms with van der Waals surface area (Å²) in [6.07, 6.45) is 2.23. The fourth-order valence-corrected chi connectivity index (χ4v) is 3.54. The van der Waals surface area contributed by atoms with Crippen LogP contribution in [0.2, 0.25) is 0 Å². The number of aryl methyl sites for hydroxylation is 2. The summed E-state index contributed by atoms with van der Waals surface area (Å²) in [6.45, 7) is 13.9. The van der Waals surface area contributed by atoms with E-state index >= 15 is 0 Å². The number of hydrogen-bond donors (Lipinski definition) is 1. The number of nitrogens with zero attached hydrogens (tertiary/aromatic N) is 1. The third-order valence-corrected chi connectivity index (χ3v) is 4.93. The molecule has 112 valence electrons. The highest BCUT2D eigenvalue weighted by molar-refractivity contribution is 5.45. The van der Waals surface area contributed by atoms with Crippen LogP contribution in [0.3, 0.4) is 0 Å². The van der Waals surface area contributed by atoms with Crippen LogP contribution in [0.5, 0.6) is 0 Å². The van der Waals surface area contributed by atoms with Crippen molar-refractivity contribution in [3.05, 3.63) is 33.9 Å². The lowest BCUT2D eigenvalue weighted by Gasteiger charge is -2.33. The molecule has 1 saturated heterocycles. The van der Waals surface area contributed by atoms with Crippen LogP contribution < -0.4 is 0 Å². The van der Waals surface area contributed by atoms with E-state index in [-0.39, 0.29) is 6.10 Å². The molecule has 0 radical (unpaired) electrons. The molecular formula is C18H29NO. The molecule has 0 saturated carbocycles. The van der Waals surface area contributed by atoms with Gasteiger partial charge in [0.2, 0.25) is 0 Å². The molecular weight excluding hydrogens is 246 g/mol. The number of β-amino-alcohol motifs (C(OH)–C–C–N with tert-alkyl or cyclic N) is 1. The van der Waals surface area contributed by atoms with Crippen molar-refractivity contribution in [3.8, 4) is 0 Å². The summed E-state index contributed by atoms with van der Waals surface area (Å²) in [5, 5.41) is 10.7. The summed E-state index contributed by atoms with van der Waals surface area (Å²) in [5.41, 5.74) is 6.24. The Bertz CT molecular complexity index is 455. The Morgan fingerprint density at radius 2 is 1.80 bits per heavy atom. The molecule has 0 bridgehead atoms. The molecule has 2 heteroatoms. The zero-order chi connectivity index (χ0) is 14.9. The topological polar surface area (TPSA) is 23.5 Å². The Hall–Kier alpha value is -0.860. The average molecular weight is 275 g/mol. The van der Waals surface area contributed by atoms with Crippen molar-refractivity contribution in [2.75, 3.05) is 19.6 Å². The van der Waals surface area contributed by atoms with Crippen molar-refractivity contribution in [2.24, 2.45) is 5.92 Å². The first kappa shape index (κ1) is 15.5. The quantitative estimate of drug-likeness (QED) is 0.909. The van der Waals surface area contributed by atoms with Crippen LogP contribution in [-0.4, -0.2) is 29.6 Å². The molecule has 1 N–H and O–H groups in total. The second kappa shape index (κ2) is 6.28. The van der Waals surface area contributed by atoms with E-state index in [0.29, 0.717) is 0 Å². The van der Waals surface area contributed by atoms with Gasteiger partial charge in [0, 0.05) is 13.1 Å². The average Bonchev–Trinajstić information content (AvgIpc) is 2.36. The summed E-state index contributed by atoms with van der Waals surface area (Å²) in [4.78, 5) is 2.43. The highest BCUT2D eigenvalue weighted by Gasteiger charge is 2.22. The predicted octanol–water partition coefficient (Wildman–Crippen LogP) is 3.69. The Balaban J connectivity index is 2.18. The van der Waals surface area contributed by atoms with Gasteiger partial charge in [0.15, 0.2) is 0 Å². The van der Waals surface area contributed by atoms with E-state index in [1.54, 1.807) is 0 Å². The number of aliphatic hydroxyl groups is 1. The normalized spacial score (nSPS) is 22.0. The maximum atomic E-state index is 10.7. The van der Waals surface area contributed by atoms with Gasteiger partial charge in [0.25, 0.3) is 0 Å². The molecule has 0 aliphatic carbocycles. The highest BCUT2D eigenvalue weighted by atomic mass is 16.3. The number of rotatable bonds is 3. The van der Waals surface area contributed by atoms with E-state index in [4.69, 9.17) is 0 Å². The Labute approximate surface area is 123 Å². The van der Waals surface area contributed by atoms with Crippen molar-refractivity contribution in [2.45, 2.75) is 53.6 Å². The van der Waals surface area contributed by atoms with Crippen molar-refractivity contribution in [1.29, 1.82) is 0 Å². The first-order chi connectivity index (χ1) is 9.40. The summed E-state index contributed by atoms with van der Waals surface area (Å²) < 4.78 is 0. The Kier molecular flexibility index (Phi) is 4.87.